The van der Waals surface area contributed by atoms with Gasteiger partial charge in [-0.3, -0.25) is 4.99 Å². The summed E-state index contributed by atoms with van der Waals surface area (Å²) in [5.74, 6) is 1.77. The molecule has 0 atom stereocenters. The Hall–Kier alpha value is -1.30. The van der Waals surface area contributed by atoms with Crippen molar-refractivity contribution in [2.75, 3.05) is 18.0 Å². The van der Waals surface area contributed by atoms with Gasteiger partial charge in [0.2, 0.25) is 0 Å². The smallest absolute Gasteiger partial charge is 0.196 e. The Kier molecular flexibility index (Phi) is 4.10. The van der Waals surface area contributed by atoms with Crippen LogP contribution in [0, 0.1) is 10.5 Å². The minimum atomic E-state index is 0.810. The lowest BCUT2D eigenvalue weighted by atomic mass is 10.2. The molecule has 1 aliphatic heterocycles. The van der Waals surface area contributed by atoms with E-state index in [1.54, 1.807) is 6.21 Å². The standard InChI is InChI=1S/C16H17IN2O/c1-12-10-13(17)4-6-15(12)18-11-14-5-7-16(20-14)19-8-2-3-9-19/h4-7,10-11H,2-3,8-9H2,1H3. The first-order valence-electron chi connectivity index (χ1n) is 6.87. The van der Waals surface area contributed by atoms with E-state index in [9.17, 15) is 0 Å². The Balaban J connectivity index is 1.75. The van der Waals surface area contributed by atoms with E-state index in [1.165, 1.54) is 22.0 Å². The van der Waals surface area contributed by atoms with Gasteiger partial charge in [-0.1, -0.05) is 0 Å². The second kappa shape index (κ2) is 5.99. The molecule has 3 rings (SSSR count). The Morgan fingerprint density at radius 1 is 1.20 bits per heavy atom. The zero-order valence-corrected chi connectivity index (χ0v) is 13.6. The lowest BCUT2D eigenvalue weighted by Gasteiger charge is -2.12. The van der Waals surface area contributed by atoms with Crippen LogP contribution in [0.25, 0.3) is 0 Å². The van der Waals surface area contributed by atoms with Crippen molar-refractivity contribution in [3.05, 3.63) is 45.2 Å². The maximum absolute atomic E-state index is 5.83. The predicted molar refractivity (Wildman–Crippen MR) is 91.3 cm³/mol. The first-order valence-corrected chi connectivity index (χ1v) is 7.95. The molecule has 0 saturated carbocycles. The molecular weight excluding hydrogens is 363 g/mol. The number of halogens is 1. The second-order valence-electron chi connectivity index (χ2n) is 5.06. The minimum Gasteiger partial charge on any atom is -0.440 e. The van der Waals surface area contributed by atoms with Gasteiger partial charge in [0, 0.05) is 22.7 Å². The summed E-state index contributed by atoms with van der Waals surface area (Å²) < 4.78 is 7.06. The predicted octanol–water partition coefficient (Wildman–Crippen LogP) is 4.54. The van der Waals surface area contributed by atoms with E-state index in [2.05, 4.69) is 51.5 Å². The number of hydrogen-bond acceptors (Lipinski definition) is 3. The molecule has 0 radical (unpaired) electrons. The van der Waals surface area contributed by atoms with Gasteiger partial charge in [-0.15, -0.1) is 0 Å². The number of nitrogens with zero attached hydrogens (tertiary/aromatic N) is 2. The lowest BCUT2D eigenvalue weighted by Crippen LogP contribution is -2.16. The van der Waals surface area contributed by atoms with Crippen molar-refractivity contribution in [3.63, 3.8) is 0 Å². The average Bonchev–Trinajstić information content (AvgIpc) is 3.08. The van der Waals surface area contributed by atoms with Crippen molar-refractivity contribution < 1.29 is 4.42 Å². The molecule has 3 nitrogen and oxygen atoms in total. The van der Waals surface area contributed by atoms with Crippen molar-refractivity contribution in [3.8, 4) is 0 Å². The van der Waals surface area contributed by atoms with Crippen LogP contribution in [-0.4, -0.2) is 19.3 Å². The van der Waals surface area contributed by atoms with Crippen LogP contribution in [0.2, 0.25) is 0 Å². The first-order chi connectivity index (χ1) is 9.72. The van der Waals surface area contributed by atoms with Gasteiger partial charge in [0.05, 0.1) is 11.9 Å². The third-order valence-electron chi connectivity index (χ3n) is 3.52. The Morgan fingerprint density at radius 3 is 2.75 bits per heavy atom. The molecule has 0 aliphatic carbocycles. The molecule has 2 aromatic rings. The summed E-state index contributed by atoms with van der Waals surface area (Å²) in [6.45, 7) is 4.27. The van der Waals surface area contributed by atoms with E-state index >= 15 is 0 Å². The molecule has 20 heavy (non-hydrogen) atoms. The quantitative estimate of drug-likeness (QED) is 0.578. The largest absolute Gasteiger partial charge is 0.440 e. The van der Waals surface area contributed by atoms with Gasteiger partial charge >= 0.3 is 0 Å². The molecule has 0 amide bonds. The van der Waals surface area contributed by atoms with Crippen LogP contribution in [0.15, 0.2) is 39.7 Å². The number of furan rings is 1. The van der Waals surface area contributed by atoms with E-state index in [0.29, 0.717) is 0 Å². The molecule has 1 aromatic heterocycles. The fraction of sp³-hybridized carbons (Fsp3) is 0.312. The van der Waals surface area contributed by atoms with Crippen molar-refractivity contribution in [2.24, 2.45) is 4.99 Å². The maximum Gasteiger partial charge on any atom is 0.196 e. The van der Waals surface area contributed by atoms with Gasteiger partial charge in [0.15, 0.2) is 5.88 Å². The van der Waals surface area contributed by atoms with Gasteiger partial charge in [0.1, 0.15) is 5.76 Å². The number of aryl methyl sites for hydroxylation is 1. The topological polar surface area (TPSA) is 28.7 Å². The fourth-order valence-corrected chi connectivity index (χ4v) is 3.06. The van der Waals surface area contributed by atoms with E-state index in [1.807, 2.05) is 18.2 Å². The molecule has 0 bridgehead atoms. The average molecular weight is 380 g/mol. The number of benzene rings is 1. The summed E-state index contributed by atoms with van der Waals surface area (Å²) in [7, 11) is 0. The van der Waals surface area contributed by atoms with E-state index < -0.39 is 0 Å². The Morgan fingerprint density at radius 2 is 2.00 bits per heavy atom. The number of rotatable bonds is 3. The summed E-state index contributed by atoms with van der Waals surface area (Å²) in [4.78, 5) is 6.80. The second-order valence-corrected chi connectivity index (χ2v) is 6.30. The minimum absolute atomic E-state index is 0.810. The Labute approximate surface area is 132 Å². The van der Waals surface area contributed by atoms with Crippen LogP contribution in [0.1, 0.15) is 24.2 Å². The van der Waals surface area contributed by atoms with E-state index in [-0.39, 0.29) is 0 Å². The number of aliphatic imine (C=N–C) groups is 1. The van der Waals surface area contributed by atoms with Crippen LogP contribution in [0.5, 0.6) is 0 Å². The molecule has 1 aliphatic rings. The van der Waals surface area contributed by atoms with Crippen LogP contribution < -0.4 is 4.90 Å². The van der Waals surface area contributed by atoms with E-state index in [0.717, 1.165) is 30.4 Å². The highest BCUT2D eigenvalue weighted by Gasteiger charge is 2.15. The zero-order chi connectivity index (χ0) is 13.9. The summed E-state index contributed by atoms with van der Waals surface area (Å²) >= 11 is 2.31. The molecule has 0 spiro atoms. The van der Waals surface area contributed by atoms with Gasteiger partial charge < -0.3 is 9.32 Å². The van der Waals surface area contributed by atoms with E-state index in [4.69, 9.17) is 4.42 Å². The molecule has 2 heterocycles. The van der Waals surface area contributed by atoms with Crippen molar-refractivity contribution in [1.82, 2.24) is 0 Å². The zero-order valence-electron chi connectivity index (χ0n) is 11.5. The normalized spacial score (nSPS) is 15.4. The monoisotopic (exact) mass is 380 g/mol. The maximum atomic E-state index is 5.83. The van der Waals surface area contributed by atoms with Crippen molar-refractivity contribution in [1.29, 1.82) is 0 Å². The highest BCUT2D eigenvalue weighted by Crippen LogP contribution is 2.24. The Bertz CT molecular complexity index is 627. The summed E-state index contributed by atoms with van der Waals surface area (Å²) in [6.07, 6.45) is 4.31. The van der Waals surface area contributed by atoms with Crippen LogP contribution in [0.4, 0.5) is 11.6 Å². The molecule has 1 aromatic carbocycles. The highest BCUT2D eigenvalue weighted by atomic mass is 127. The third kappa shape index (κ3) is 3.06. The third-order valence-corrected chi connectivity index (χ3v) is 4.19. The van der Waals surface area contributed by atoms with Gasteiger partial charge in [0.25, 0.3) is 0 Å². The highest BCUT2D eigenvalue weighted by molar-refractivity contribution is 14.1. The molecular formula is C16H17IN2O. The number of hydrogen-bond donors (Lipinski definition) is 0. The molecule has 0 unspecified atom stereocenters. The lowest BCUT2D eigenvalue weighted by molar-refractivity contribution is 0.550. The summed E-state index contributed by atoms with van der Waals surface area (Å²) in [6, 6.07) is 10.3. The summed E-state index contributed by atoms with van der Waals surface area (Å²) in [5, 5.41) is 0. The van der Waals surface area contributed by atoms with Crippen molar-refractivity contribution in [2.45, 2.75) is 19.8 Å². The molecule has 0 N–H and O–H groups in total. The molecule has 1 fully saturated rings. The van der Waals surface area contributed by atoms with Crippen LogP contribution >= 0.6 is 22.6 Å². The molecule has 104 valence electrons. The van der Waals surface area contributed by atoms with Crippen LogP contribution in [0.3, 0.4) is 0 Å². The SMILES string of the molecule is Cc1cc(I)ccc1N=Cc1ccc(N2CCCC2)o1. The molecule has 1 saturated heterocycles. The van der Waals surface area contributed by atoms with Gasteiger partial charge in [-0.2, -0.15) is 0 Å². The van der Waals surface area contributed by atoms with Gasteiger partial charge in [-0.05, 0) is 72.2 Å². The van der Waals surface area contributed by atoms with Crippen LogP contribution in [-0.2, 0) is 0 Å². The number of anilines is 1. The summed E-state index contributed by atoms with van der Waals surface area (Å²) in [5.41, 5.74) is 2.17. The first kappa shape index (κ1) is 13.7. The fourth-order valence-electron chi connectivity index (χ4n) is 2.42. The van der Waals surface area contributed by atoms with Crippen molar-refractivity contribution >= 4 is 40.4 Å². The molecule has 4 heteroatoms. The van der Waals surface area contributed by atoms with Gasteiger partial charge in [-0.25, -0.2) is 0 Å².